The van der Waals surface area contributed by atoms with Crippen molar-refractivity contribution >= 4 is 51.5 Å². The van der Waals surface area contributed by atoms with Crippen molar-refractivity contribution in [1.29, 1.82) is 0 Å². The van der Waals surface area contributed by atoms with Gasteiger partial charge in [-0.05, 0) is 24.3 Å². The van der Waals surface area contributed by atoms with Crippen molar-refractivity contribution in [1.82, 2.24) is 4.98 Å². The van der Waals surface area contributed by atoms with Crippen LogP contribution in [-0.4, -0.2) is 10.8 Å². The quantitative estimate of drug-likeness (QED) is 0.632. The van der Waals surface area contributed by atoms with E-state index in [1.54, 1.807) is 42.6 Å². The zero-order chi connectivity index (χ0) is 14.3. The van der Waals surface area contributed by atoms with Gasteiger partial charge in [-0.1, -0.05) is 46.9 Å². The number of nitrogens with one attached hydrogen (secondary N) is 1. The molecule has 0 bridgehead atoms. The highest BCUT2D eigenvalue weighted by Gasteiger charge is 2.18. The van der Waals surface area contributed by atoms with Gasteiger partial charge in [0.1, 0.15) is 0 Å². The van der Waals surface area contributed by atoms with Crippen LogP contribution in [-0.2, 0) is 0 Å². The van der Waals surface area contributed by atoms with Gasteiger partial charge in [-0.25, -0.2) is 0 Å². The summed E-state index contributed by atoms with van der Waals surface area (Å²) in [5, 5.41) is 2.02. The van der Waals surface area contributed by atoms with E-state index in [1.165, 1.54) is 0 Å². The van der Waals surface area contributed by atoms with Crippen LogP contribution in [0.15, 0.2) is 42.6 Å². The molecule has 100 valence electrons. The number of carbonyl (C=O) groups is 1. The molecular formula is C15H8Cl3NO. The molecule has 1 heterocycles. The first-order valence-corrected chi connectivity index (χ1v) is 6.96. The van der Waals surface area contributed by atoms with Crippen LogP contribution >= 0.6 is 34.8 Å². The SMILES string of the molecule is O=C(c1ccccc1Cl)c1c[nH]c2cc(Cl)cc(Cl)c12. The predicted molar refractivity (Wildman–Crippen MR) is 83.2 cm³/mol. The van der Waals surface area contributed by atoms with Crippen LogP contribution in [0.3, 0.4) is 0 Å². The Morgan fingerprint density at radius 2 is 1.70 bits per heavy atom. The van der Waals surface area contributed by atoms with E-state index in [0.29, 0.717) is 31.6 Å². The van der Waals surface area contributed by atoms with Gasteiger partial charge in [-0.3, -0.25) is 4.79 Å². The first-order chi connectivity index (χ1) is 9.58. The number of halogens is 3. The molecule has 0 saturated heterocycles. The van der Waals surface area contributed by atoms with Gasteiger partial charge in [0.2, 0.25) is 0 Å². The second-order valence-electron chi connectivity index (χ2n) is 4.32. The van der Waals surface area contributed by atoms with Gasteiger partial charge in [-0.15, -0.1) is 0 Å². The fourth-order valence-electron chi connectivity index (χ4n) is 2.15. The molecule has 0 radical (unpaired) electrons. The molecule has 0 spiro atoms. The second kappa shape index (κ2) is 5.13. The first kappa shape index (κ1) is 13.5. The summed E-state index contributed by atoms with van der Waals surface area (Å²) >= 11 is 18.2. The Morgan fingerprint density at radius 1 is 0.950 bits per heavy atom. The molecule has 0 atom stereocenters. The molecule has 3 rings (SSSR count). The van der Waals surface area contributed by atoms with Crippen LogP contribution in [0.25, 0.3) is 10.9 Å². The van der Waals surface area contributed by atoms with Crippen LogP contribution in [0.2, 0.25) is 15.1 Å². The number of aromatic nitrogens is 1. The fourth-order valence-corrected chi connectivity index (χ4v) is 2.97. The van der Waals surface area contributed by atoms with Gasteiger partial charge in [0.05, 0.1) is 10.0 Å². The van der Waals surface area contributed by atoms with Gasteiger partial charge in [0, 0.05) is 33.2 Å². The minimum absolute atomic E-state index is 0.175. The summed E-state index contributed by atoms with van der Waals surface area (Å²) in [5.74, 6) is -0.175. The molecule has 3 aromatic rings. The van der Waals surface area contributed by atoms with E-state index in [9.17, 15) is 4.79 Å². The summed E-state index contributed by atoms with van der Waals surface area (Å²) in [7, 11) is 0. The molecule has 0 aliphatic rings. The lowest BCUT2D eigenvalue weighted by atomic mass is 10.0. The van der Waals surface area contributed by atoms with Crippen molar-refractivity contribution in [3.05, 3.63) is 68.8 Å². The maximum atomic E-state index is 12.6. The van der Waals surface area contributed by atoms with Crippen molar-refractivity contribution in [2.24, 2.45) is 0 Å². The van der Waals surface area contributed by atoms with E-state index in [1.807, 2.05) is 0 Å². The number of rotatable bonds is 2. The Morgan fingerprint density at radius 3 is 2.45 bits per heavy atom. The Labute approximate surface area is 130 Å². The molecule has 0 aliphatic carbocycles. The third kappa shape index (κ3) is 2.20. The number of aromatic amines is 1. The van der Waals surface area contributed by atoms with Crippen LogP contribution in [0.5, 0.6) is 0 Å². The number of fused-ring (bicyclic) bond motifs is 1. The first-order valence-electron chi connectivity index (χ1n) is 5.83. The smallest absolute Gasteiger partial charge is 0.196 e. The molecule has 5 heteroatoms. The van der Waals surface area contributed by atoms with Gasteiger partial charge in [0.15, 0.2) is 5.78 Å². The largest absolute Gasteiger partial charge is 0.360 e. The van der Waals surface area contributed by atoms with Crippen LogP contribution in [0.1, 0.15) is 15.9 Å². The minimum atomic E-state index is -0.175. The summed E-state index contributed by atoms with van der Waals surface area (Å²) in [4.78, 5) is 15.6. The summed E-state index contributed by atoms with van der Waals surface area (Å²) in [6.07, 6.45) is 1.62. The zero-order valence-corrected chi connectivity index (χ0v) is 12.4. The highest BCUT2D eigenvalue weighted by molar-refractivity contribution is 6.41. The molecule has 0 fully saturated rings. The molecule has 2 aromatic carbocycles. The zero-order valence-electron chi connectivity index (χ0n) is 10.1. The third-order valence-corrected chi connectivity index (χ3v) is 3.91. The summed E-state index contributed by atoms with van der Waals surface area (Å²) in [5.41, 5.74) is 1.65. The van der Waals surface area contributed by atoms with E-state index in [-0.39, 0.29) is 5.78 Å². The number of hydrogen-bond acceptors (Lipinski definition) is 1. The summed E-state index contributed by atoms with van der Waals surface area (Å²) < 4.78 is 0. The fraction of sp³-hybridized carbons (Fsp3) is 0. The average molecular weight is 325 g/mol. The molecule has 0 amide bonds. The highest BCUT2D eigenvalue weighted by Crippen LogP contribution is 2.32. The Bertz CT molecular complexity index is 823. The average Bonchev–Trinajstić information content (AvgIpc) is 2.82. The summed E-state index contributed by atoms with van der Waals surface area (Å²) in [6, 6.07) is 10.3. The summed E-state index contributed by atoms with van der Waals surface area (Å²) in [6.45, 7) is 0. The van der Waals surface area contributed by atoms with Crippen molar-refractivity contribution in [3.8, 4) is 0 Å². The lowest BCUT2D eigenvalue weighted by Crippen LogP contribution is -2.01. The van der Waals surface area contributed by atoms with Gasteiger partial charge < -0.3 is 4.98 Å². The van der Waals surface area contributed by atoms with Crippen LogP contribution in [0, 0.1) is 0 Å². The van der Waals surface area contributed by atoms with E-state index in [4.69, 9.17) is 34.8 Å². The Kier molecular flexibility index (Phi) is 3.47. The van der Waals surface area contributed by atoms with E-state index >= 15 is 0 Å². The van der Waals surface area contributed by atoms with Gasteiger partial charge in [0.25, 0.3) is 0 Å². The Hall–Kier alpha value is -1.48. The molecule has 0 unspecified atom stereocenters. The number of benzene rings is 2. The monoisotopic (exact) mass is 323 g/mol. The molecule has 1 N–H and O–H groups in total. The molecule has 0 saturated carbocycles. The lowest BCUT2D eigenvalue weighted by Gasteiger charge is -2.03. The molecular weight excluding hydrogens is 317 g/mol. The third-order valence-electron chi connectivity index (χ3n) is 3.06. The number of carbonyl (C=O) groups excluding carboxylic acids is 1. The van der Waals surface area contributed by atoms with Gasteiger partial charge in [-0.2, -0.15) is 0 Å². The topological polar surface area (TPSA) is 32.9 Å². The van der Waals surface area contributed by atoms with Crippen molar-refractivity contribution in [2.45, 2.75) is 0 Å². The molecule has 20 heavy (non-hydrogen) atoms. The predicted octanol–water partition coefficient (Wildman–Crippen LogP) is 5.36. The standard InChI is InChI=1S/C15H8Cl3NO/c16-8-5-12(18)14-10(7-19-13(14)6-8)15(20)9-3-1-2-4-11(9)17/h1-7,19H. The number of hydrogen-bond donors (Lipinski definition) is 1. The normalized spacial score (nSPS) is 10.9. The van der Waals surface area contributed by atoms with Crippen LogP contribution < -0.4 is 0 Å². The number of ketones is 1. The van der Waals surface area contributed by atoms with E-state index in [2.05, 4.69) is 4.98 Å². The van der Waals surface area contributed by atoms with Crippen molar-refractivity contribution in [3.63, 3.8) is 0 Å². The highest BCUT2D eigenvalue weighted by atomic mass is 35.5. The maximum absolute atomic E-state index is 12.6. The number of H-pyrrole nitrogens is 1. The molecule has 1 aromatic heterocycles. The lowest BCUT2D eigenvalue weighted by molar-refractivity contribution is 0.104. The second-order valence-corrected chi connectivity index (χ2v) is 5.57. The van der Waals surface area contributed by atoms with Gasteiger partial charge >= 0.3 is 0 Å². The van der Waals surface area contributed by atoms with Crippen LogP contribution in [0.4, 0.5) is 0 Å². The van der Waals surface area contributed by atoms with E-state index < -0.39 is 0 Å². The minimum Gasteiger partial charge on any atom is -0.360 e. The van der Waals surface area contributed by atoms with Crippen molar-refractivity contribution < 1.29 is 4.79 Å². The van der Waals surface area contributed by atoms with E-state index in [0.717, 1.165) is 5.52 Å². The maximum Gasteiger partial charge on any atom is 0.196 e. The molecule has 0 aliphatic heterocycles. The Balaban J connectivity index is 2.21. The molecule has 2 nitrogen and oxygen atoms in total. The van der Waals surface area contributed by atoms with Crippen molar-refractivity contribution in [2.75, 3.05) is 0 Å².